The van der Waals surface area contributed by atoms with E-state index in [4.69, 9.17) is 0 Å². The number of hydrogen-bond donors (Lipinski definition) is 2. The summed E-state index contributed by atoms with van der Waals surface area (Å²) in [4.78, 5) is 19.0. The number of guanidine groups is 1. The van der Waals surface area contributed by atoms with Crippen molar-refractivity contribution in [1.29, 1.82) is 0 Å². The standard InChI is InChI=1S/C17H30N4OS/c1-5-6-7-9-14(2)20-17(19-13-16(22)21(3)4)18-12-15-10-8-11-23-15/h8,10-11,14H,5-7,9,12-13H2,1-4H3,(H2,18,19,20). The Hall–Kier alpha value is -1.56. The number of hydrogen-bond acceptors (Lipinski definition) is 3. The van der Waals surface area contributed by atoms with Crippen molar-refractivity contribution in [2.75, 3.05) is 20.6 Å². The fourth-order valence-electron chi connectivity index (χ4n) is 2.03. The van der Waals surface area contributed by atoms with Crippen molar-refractivity contribution < 1.29 is 4.79 Å². The molecule has 1 rings (SSSR count). The molecule has 0 saturated carbocycles. The maximum atomic E-state index is 11.7. The quantitative estimate of drug-likeness (QED) is 0.413. The number of aliphatic imine (C=N–C) groups is 1. The minimum Gasteiger partial charge on any atom is -0.354 e. The van der Waals surface area contributed by atoms with Crippen LogP contribution in [0.5, 0.6) is 0 Å². The zero-order valence-electron chi connectivity index (χ0n) is 14.8. The van der Waals surface area contributed by atoms with E-state index in [1.165, 1.54) is 24.1 Å². The van der Waals surface area contributed by atoms with Gasteiger partial charge in [-0.25, -0.2) is 4.99 Å². The monoisotopic (exact) mass is 338 g/mol. The minimum atomic E-state index is 0.000796. The Morgan fingerprint density at radius 3 is 2.78 bits per heavy atom. The van der Waals surface area contributed by atoms with E-state index in [9.17, 15) is 4.79 Å². The van der Waals surface area contributed by atoms with Crippen LogP contribution in [0.3, 0.4) is 0 Å². The highest BCUT2D eigenvalue weighted by Crippen LogP contribution is 2.07. The Bertz CT molecular complexity index is 471. The second-order valence-corrected chi connectivity index (χ2v) is 6.96. The van der Waals surface area contributed by atoms with Crippen molar-refractivity contribution in [1.82, 2.24) is 15.5 Å². The van der Waals surface area contributed by atoms with Crippen molar-refractivity contribution in [3.8, 4) is 0 Å². The highest BCUT2D eigenvalue weighted by atomic mass is 32.1. The molecule has 1 heterocycles. The van der Waals surface area contributed by atoms with Crippen LogP contribution in [0.2, 0.25) is 0 Å². The molecule has 130 valence electrons. The molecule has 0 fully saturated rings. The molecular formula is C17H30N4OS. The molecule has 1 amide bonds. The molecule has 0 spiro atoms. The Kier molecular flexibility index (Phi) is 9.36. The molecule has 0 aliphatic carbocycles. The minimum absolute atomic E-state index is 0.000796. The van der Waals surface area contributed by atoms with Crippen LogP contribution in [0.1, 0.15) is 44.4 Å². The van der Waals surface area contributed by atoms with Crippen LogP contribution >= 0.6 is 11.3 Å². The number of unbranched alkanes of at least 4 members (excludes halogenated alkanes) is 2. The van der Waals surface area contributed by atoms with Gasteiger partial charge in [0.05, 0.1) is 6.54 Å². The molecule has 0 radical (unpaired) electrons. The zero-order chi connectivity index (χ0) is 17.1. The van der Waals surface area contributed by atoms with Crippen molar-refractivity contribution >= 4 is 23.2 Å². The molecule has 0 aromatic carbocycles. The summed E-state index contributed by atoms with van der Waals surface area (Å²) in [5.74, 6) is 0.707. The molecule has 1 aromatic heterocycles. The lowest BCUT2D eigenvalue weighted by Gasteiger charge is -2.18. The van der Waals surface area contributed by atoms with Gasteiger partial charge in [-0.05, 0) is 24.8 Å². The van der Waals surface area contributed by atoms with Gasteiger partial charge in [-0.2, -0.15) is 0 Å². The highest BCUT2D eigenvalue weighted by molar-refractivity contribution is 7.09. The Balaban J connectivity index is 2.55. The average Bonchev–Trinajstić information content (AvgIpc) is 3.03. The van der Waals surface area contributed by atoms with Gasteiger partial charge in [0.15, 0.2) is 5.96 Å². The molecule has 0 aliphatic heterocycles. The molecule has 0 bridgehead atoms. The van der Waals surface area contributed by atoms with Crippen LogP contribution in [0.25, 0.3) is 0 Å². The van der Waals surface area contributed by atoms with Crippen LogP contribution in [-0.2, 0) is 11.3 Å². The smallest absolute Gasteiger partial charge is 0.243 e. The van der Waals surface area contributed by atoms with Gasteiger partial charge < -0.3 is 15.5 Å². The largest absolute Gasteiger partial charge is 0.354 e. The number of amides is 1. The Labute approximate surface area is 144 Å². The number of likely N-dealkylation sites (N-methyl/N-ethyl adjacent to an activating group) is 1. The van der Waals surface area contributed by atoms with E-state index in [1.807, 2.05) is 6.07 Å². The lowest BCUT2D eigenvalue weighted by molar-refractivity contribution is -0.127. The third-order valence-electron chi connectivity index (χ3n) is 3.51. The summed E-state index contributed by atoms with van der Waals surface area (Å²) < 4.78 is 0. The van der Waals surface area contributed by atoms with Gasteiger partial charge in [-0.3, -0.25) is 4.79 Å². The third-order valence-corrected chi connectivity index (χ3v) is 4.38. The summed E-state index contributed by atoms with van der Waals surface area (Å²) in [6, 6.07) is 4.46. The number of carbonyl (C=O) groups excluding carboxylic acids is 1. The van der Waals surface area contributed by atoms with E-state index in [-0.39, 0.29) is 12.5 Å². The van der Waals surface area contributed by atoms with Gasteiger partial charge in [-0.15, -0.1) is 11.3 Å². The topological polar surface area (TPSA) is 56.7 Å². The van der Waals surface area contributed by atoms with Crippen molar-refractivity contribution in [3.63, 3.8) is 0 Å². The Morgan fingerprint density at radius 2 is 2.17 bits per heavy atom. The molecule has 1 unspecified atom stereocenters. The first-order valence-electron chi connectivity index (χ1n) is 8.30. The predicted molar refractivity (Wildman–Crippen MR) is 98.9 cm³/mol. The maximum Gasteiger partial charge on any atom is 0.243 e. The van der Waals surface area contributed by atoms with Gasteiger partial charge in [-0.1, -0.05) is 32.3 Å². The number of thiophene rings is 1. The predicted octanol–water partition coefficient (Wildman–Crippen LogP) is 2.84. The first-order chi connectivity index (χ1) is 11.0. The lowest BCUT2D eigenvalue weighted by Crippen LogP contribution is -2.42. The first-order valence-corrected chi connectivity index (χ1v) is 9.18. The van der Waals surface area contributed by atoms with E-state index in [0.717, 1.165) is 13.0 Å². The normalized spacial score (nSPS) is 12.8. The average molecular weight is 339 g/mol. The molecule has 6 heteroatoms. The summed E-state index contributed by atoms with van der Waals surface area (Å²) in [6.07, 6.45) is 4.79. The van der Waals surface area contributed by atoms with Crippen molar-refractivity contribution in [2.45, 2.75) is 52.1 Å². The molecule has 23 heavy (non-hydrogen) atoms. The van der Waals surface area contributed by atoms with E-state index in [1.54, 1.807) is 30.3 Å². The Morgan fingerprint density at radius 1 is 1.39 bits per heavy atom. The summed E-state index contributed by atoms with van der Waals surface area (Å²) in [6.45, 7) is 5.25. The van der Waals surface area contributed by atoms with E-state index >= 15 is 0 Å². The number of carbonyl (C=O) groups is 1. The molecular weight excluding hydrogens is 308 g/mol. The fraction of sp³-hybridized carbons (Fsp3) is 0.647. The van der Waals surface area contributed by atoms with Crippen LogP contribution < -0.4 is 10.6 Å². The fourth-order valence-corrected chi connectivity index (χ4v) is 2.68. The second kappa shape index (κ2) is 11.0. The van der Waals surface area contributed by atoms with E-state index in [2.05, 4.69) is 40.9 Å². The molecule has 2 N–H and O–H groups in total. The van der Waals surface area contributed by atoms with Crippen LogP contribution in [0, 0.1) is 0 Å². The van der Waals surface area contributed by atoms with E-state index in [0.29, 0.717) is 12.0 Å². The van der Waals surface area contributed by atoms with Gasteiger partial charge in [0.2, 0.25) is 5.91 Å². The summed E-state index contributed by atoms with van der Waals surface area (Å²) in [7, 11) is 3.49. The van der Waals surface area contributed by atoms with Gasteiger partial charge >= 0.3 is 0 Å². The molecule has 1 aromatic rings. The second-order valence-electron chi connectivity index (χ2n) is 5.93. The number of nitrogens with one attached hydrogen (secondary N) is 2. The lowest BCUT2D eigenvalue weighted by atomic mass is 10.1. The zero-order valence-corrected chi connectivity index (χ0v) is 15.6. The first kappa shape index (κ1) is 19.5. The summed E-state index contributed by atoms with van der Waals surface area (Å²) in [5.41, 5.74) is 0. The van der Waals surface area contributed by atoms with Crippen LogP contribution in [-0.4, -0.2) is 43.4 Å². The molecule has 0 saturated heterocycles. The van der Waals surface area contributed by atoms with Gasteiger partial charge in [0.1, 0.15) is 6.54 Å². The summed E-state index contributed by atoms with van der Waals surface area (Å²) in [5, 5.41) is 8.78. The molecule has 5 nitrogen and oxygen atoms in total. The van der Waals surface area contributed by atoms with Gasteiger partial charge in [0, 0.05) is 25.0 Å². The van der Waals surface area contributed by atoms with Crippen molar-refractivity contribution in [2.24, 2.45) is 4.99 Å². The number of rotatable bonds is 9. The summed E-state index contributed by atoms with van der Waals surface area (Å²) >= 11 is 1.71. The van der Waals surface area contributed by atoms with Gasteiger partial charge in [0.25, 0.3) is 0 Å². The third kappa shape index (κ3) is 8.59. The van der Waals surface area contributed by atoms with Crippen LogP contribution in [0.4, 0.5) is 0 Å². The SMILES string of the molecule is CCCCCC(C)NC(=NCC(=O)N(C)C)NCc1cccs1. The van der Waals surface area contributed by atoms with Crippen LogP contribution in [0.15, 0.2) is 22.5 Å². The van der Waals surface area contributed by atoms with Crippen molar-refractivity contribution in [3.05, 3.63) is 22.4 Å². The number of nitrogens with zero attached hydrogens (tertiary/aromatic N) is 2. The molecule has 0 aliphatic rings. The highest BCUT2D eigenvalue weighted by Gasteiger charge is 2.08. The van der Waals surface area contributed by atoms with E-state index < -0.39 is 0 Å². The molecule has 1 atom stereocenters. The maximum absolute atomic E-state index is 11.7.